The topological polar surface area (TPSA) is 46.2 Å². The number of hydrogen-bond donors (Lipinski definition) is 1. The van der Waals surface area contributed by atoms with Crippen molar-refractivity contribution in [1.82, 2.24) is 4.72 Å². The predicted octanol–water partition coefficient (Wildman–Crippen LogP) is 2.57. The van der Waals surface area contributed by atoms with Gasteiger partial charge in [0.25, 0.3) is 0 Å². The van der Waals surface area contributed by atoms with Crippen LogP contribution in [0.1, 0.15) is 24.9 Å². The van der Waals surface area contributed by atoms with Gasteiger partial charge in [0.15, 0.2) is 0 Å². The number of halogens is 3. The molecule has 3 nitrogen and oxygen atoms in total. The number of benzene rings is 1. The lowest BCUT2D eigenvalue weighted by Gasteiger charge is -2.15. The summed E-state index contributed by atoms with van der Waals surface area (Å²) in [4.78, 5) is 0. The second-order valence-electron chi connectivity index (χ2n) is 3.84. The molecule has 7 heteroatoms. The average Bonchev–Trinajstić information content (AvgIpc) is 2.25. The first-order valence-electron chi connectivity index (χ1n) is 5.37. The minimum absolute atomic E-state index is 0.170. The summed E-state index contributed by atoms with van der Waals surface area (Å²) in [5.74, 6) is -1.51. The zero-order chi connectivity index (χ0) is 13.8. The molecule has 0 saturated heterocycles. The van der Waals surface area contributed by atoms with E-state index in [0.717, 1.165) is 12.1 Å². The zero-order valence-electron chi connectivity index (χ0n) is 9.79. The lowest BCUT2D eigenvalue weighted by atomic mass is 10.1. The number of nitrogens with one attached hydrogen (secondary N) is 1. The molecule has 1 unspecified atom stereocenters. The van der Waals surface area contributed by atoms with Crippen molar-refractivity contribution < 1.29 is 17.2 Å². The Hall–Kier alpha value is -0.720. The van der Waals surface area contributed by atoms with Gasteiger partial charge in [-0.1, -0.05) is 6.07 Å². The van der Waals surface area contributed by atoms with Crippen LogP contribution in [-0.2, 0) is 10.0 Å². The fourth-order valence-corrected chi connectivity index (χ4v) is 3.15. The van der Waals surface area contributed by atoms with Gasteiger partial charge >= 0.3 is 0 Å². The van der Waals surface area contributed by atoms with Crippen LogP contribution in [-0.4, -0.2) is 20.1 Å². The van der Waals surface area contributed by atoms with E-state index in [2.05, 4.69) is 4.72 Å². The molecule has 18 heavy (non-hydrogen) atoms. The summed E-state index contributed by atoms with van der Waals surface area (Å²) < 4.78 is 52.2. The van der Waals surface area contributed by atoms with Crippen LogP contribution in [0.5, 0.6) is 0 Å². The molecule has 0 heterocycles. The molecule has 102 valence electrons. The summed E-state index contributed by atoms with van der Waals surface area (Å²) in [5.41, 5.74) is -0.285. The van der Waals surface area contributed by atoms with Crippen LogP contribution >= 0.6 is 11.6 Å². The maximum atomic E-state index is 13.4. The Bertz CT molecular complexity index is 488. The Kier molecular flexibility index (Phi) is 5.49. The van der Waals surface area contributed by atoms with E-state index in [1.807, 2.05) is 0 Å². The Balaban J connectivity index is 2.86. The Morgan fingerprint density at radius 2 is 1.89 bits per heavy atom. The summed E-state index contributed by atoms with van der Waals surface area (Å²) in [5, 5.41) is 0. The van der Waals surface area contributed by atoms with Gasteiger partial charge in [0.1, 0.15) is 11.6 Å². The third kappa shape index (κ3) is 4.19. The molecule has 0 radical (unpaired) electrons. The average molecular weight is 298 g/mol. The van der Waals surface area contributed by atoms with Crippen molar-refractivity contribution in [2.45, 2.75) is 19.4 Å². The molecular weight excluding hydrogens is 284 g/mol. The Morgan fingerprint density at radius 1 is 1.33 bits per heavy atom. The van der Waals surface area contributed by atoms with E-state index in [-0.39, 0.29) is 23.6 Å². The van der Waals surface area contributed by atoms with E-state index in [9.17, 15) is 17.2 Å². The second kappa shape index (κ2) is 6.45. The second-order valence-corrected chi connectivity index (χ2v) is 6.09. The van der Waals surface area contributed by atoms with Crippen molar-refractivity contribution in [3.8, 4) is 0 Å². The summed E-state index contributed by atoms with van der Waals surface area (Å²) in [6.45, 7) is 1.39. The van der Waals surface area contributed by atoms with Gasteiger partial charge in [-0.25, -0.2) is 21.9 Å². The van der Waals surface area contributed by atoms with E-state index in [4.69, 9.17) is 11.6 Å². The lowest BCUT2D eigenvalue weighted by Crippen LogP contribution is -2.30. The first kappa shape index (κ1) is 15.3. The SMILES string of the molecule is CC(NS(=O)(=O)CCCCl)c1c(F)cccc1F. The first-order valence-corrected chi connectivity index (χ1v) is 7.56. The standard InChI is InChI=1S/C11H14ClF2NO2S/c1-8(15-18(16,17)7-3-6-12)11-9(13)4-2-5-10(11)14/h2,4-5,8,15H,3,6-7H2,1H3. The van der Waals surface area contributed by atoms with Gasteiger partial charge in [-0.3, -0.25) is 0 Å². The zero-order valence-corrected chi connectivity index (χ0v) is 11.4. The van der Waals surface area contributed by atoms with Crippen LogP contribution in [0.2, 0.25) is 0 Å². The van der Waals surface area contributed by atoms with Crippen LogP contribution in [0, 0.1) is 11.6 Å². The van der Waals surface area contributed by atoms with Gasteiger partial charge in [-0.2, -0.15) is 0 Å². The fraction of sp³-hybridized carbons (Fsp3) is 0.455. The predicted molar refractivity (Wildman–Crippen MR) is 67.0 cm³/mol. The molecule has 0 bridgehead atoms. The molecule has 0 saturated carbocycles. The maximum Gasteiger partial charge on any atom is 0.212 e. The first-order chi connectivity index (χ1) is 8.37. The lowest BCUT2D eigenvalue weighted by molar-refractivity contribution is 0.514. The normalized spacial score (nSPS) is 13.6. The highest BCUT2D eigenvalue weighted by atomic mass is 35.5. The number of rotatable bonds is 6. The van der Waals surface area contributed by atoms with E-state index in [1.54, 1.807) is 0 Å². The van der Waals surface area contributed by atoms with Gasteiger partial charge in [0.2, 0.25) is 10.0 Å². The van der Waals surface area contributed by atoms with Crippen molar-refractivity contribution >= 4 is 21.6 Å². The third-order valence-electron chi connectivity index (χ3n) is 2.34. The minimum atomic E-state index is -3.59. The molecule has 1 N–H and O–H groups in total. The molecule has 0 amide bonds. The minimum Gasteiger partial charge on any atom is -0.212 e. The molecule has 0 aliphatic rings. The molecule has 0 fully saturated rings. The van der Waals surface area contributed by atoms with Crippen molar-refractivity contribution in [2.75, 3.05) is 11.6 Å². The van der Waals surface area contributed by atoms with Gasteiger partial charge in [-0.15, -0.1) is 11.6 Å². The van der Waals surface area contributed by atoms with Crippen LogP contribution in [0.4, 0.5) is 8.78 Å². The number of sulfonamides is 1. The molecule has 1 aromatic carbocycles. The number of hydrogen-bond acceptors (Lipinski definition) is 2. The molecule has 1 rings (SSSR count). The van der Waals surface area contributed by atoms with Crippen LogP contribution in [0.25, 0.3) is 0 Å². The van der Waals surface area contributed by atoms with Crippen molar-refractivity contribution in [3.05, 3.63) is 35.4 Å². The fourth-order valence-electron chi connectivity index (χ4n) is 1.56. The Morgan fingerprint density at radius 3 is 2.39 bits per heavy atom. The highest BCUT2D eigenvalue weighted by Crippen LogP contribution is 2.20. The number of alkyl halides is 1. The van der Waals surface area contributed by atoms with Crippen molar-refractivity contribution in [3.63, 3.8) is 0 Å². The van der Waals surface area contributed by atoms with Gasteiger partial charge in [-0.05, 0) is 25.5 Å². The van der Waals surface area contributed by atoms with Crippen molar-refractivity contribution in [1.29, 1.82) is 0 Å². The van der Waals surface area contributed by atoms with Crippen LogP contribution in [0.15, 0.2) is 18.2 Å². The van der Waals surface area contributed by atoms with Crippen LogP contribution in [0.3, 0.4) is 0 Å². The largest absolute Gasteiger partial charge is 0.212 e. The smallest absolute Gasteiger partial charge is 0.212 e. The van der Waals surface area contributed by atoms with E-state index >= 15 is 0 Å². The molecule has 1 atom stereocenters. The van der Waals surface area contributed by atoms with Crippen LogP contribution < -0.4 is 4.72 Å². The summed E-state index contributed by atoms with van der Waals surface area (Å²) in [7, 11) is -3.59. The van der Waals surface area contributed by atoms with E-state index in [0.29, 0.717) is 0 Å². The summed E-state index contributed by atoms with van der Waals surface area (Å²) in [6, 6.07) is 2.43. The van der Waals surface area contributed by atoms with Crippen molar-refractivity contribution in [2.24, 2.45) is 0 Å². The molecule has 0 aromatic heterocycles. The highest BCUT2D eigenvalue weighted by Gasteiger charge is 2.20. The van der Waals surface area contributed by atoms with Gasteiger partial charge in [0.05, 0.1) is 5.75 Å². The molecule has 0 spiro atoms. The van der Waals surface area contributed by atoms with E-state index < -0.39 is 27.7 Å². The summed E-state index contributed by atoms with van der Waals surface area (Å²) in [6.07, 6.45) is 0.281. The Labute approximate surface area is 110 Å². The molecule has 1 aromatic rings. The maximum absolute atomic E-state index is 13.4. The van der Waals surface area contributed by atoms with Gasteiger partial charge in [0, 0.05) is 17.5 Å². The van der Waals surface area contributed by atoms with Gasteiger partial charge < -0.3 is 0 Å². The summed E-state index contributed by atoms with van der Waals surface area (Å²) >= 11 is 5.40. The monoisotopic (exact) mass is 297 g/mol. The van der Waals surface area contributed by atoms with E-state index in [1.165, 1.54) is 13.0 Å². The molecule has 0 aliphatic heterocycles. The third-order valence-corrected chi connectivity index (χ3v) is 4.14. The quantitative estimate of drug-likeness (QED) is 0.820. The highest BCUT2D eigenvalue weighted by molar-refractivity contribution is 7.89. The molecular formula is C11H14ClF2NO2S. The molecule has 0 aliphatic carbocycles.